The summed E-state index contributed by atoms with van der Waals surface area (Å²) in [7, 11) is 0. The van der Waals surface area contributed by atoms with Gasteiger partial charge in [-0.05, 0) is 26.2 Å². The predicted octanol–water partition coefficient (Wildman–Crippen LogP) is 1.80. The third-order valence-corrected chi connectivity index (χ3v) is 2.20. The van der Waals surface area contributed by atoms with Crippen molar-refractivity contribution in [1.29, 1.82) is 0 Å². The van der Waals surface area contributed by atoms with Crippen LogP contribution in [0.5, 0.6) is 5.88 Å². The number of ether oxygens (including phenoxy) is 1. The lowest BCUT2D eigenvalue weighted by Crippen LogP contribution is -2.16. The Hall–Kier alpha value is -1.36. The summed E-state index contributed by atoms with van der Waals surface area (Å²) in [4.78, 5) is 8.38. The molecule has 5 heteroatoms. The Bertz CT molecular complexity index is 317. The molecule has 0 aliphatic heterocycles. The highest BCUT2D eigenvalue weighted by Crippen LogP contribution is 2.08. The number of nitrogens with one attached hydrogen (secondary N) is 1. The smallest absolute Gasteiger partial charge is 0.225 e. The molecule has 1 heterocycles. The summed E-state index contributed by atoms with van der Waals surface area (Å²) in [5.74, 6) is 1.24. The molecule has 1 atom stereocenters. The van der Waals surface area contributed by atoms with E-state index in [1.807, 2.05) is 6.92 Å². The van der Waals surface area contributed by atoms with Crippen molar-refractivity contribution in [2.24, 2.45) is 5.73 Å². The fourth-order valence-corrected chi connectivity index (χ4v) is 1.34. The van der Waals surface area contributed by atoms with E-state index in [9.17, 15) is 0 Å². The molecule has 0 spiro atoms. The van der Waals surface area contributed by atoms with Gasteiger partial charge in [0.1, 0.15) is 0 Å². The number of hydrogen-bond donors (Lipinski definition) is 2. The summed E-state index contributed by atoms with van der Waals surface area (Å²) in [5, 5.41) is 3.16. The van der Waals surface area contributed by atoms with Crippen molar-refractivity contribution in [3.05, 3.63) is 12.3 Å². The van der Waals surface area contributed by atoms with Crippen molar-refractivity contribution >= 4 is 5.95 Å². The van der Waals surface area contributed by atoms with Crippen molar-refractivity contribution in [3.63, 3.8) is 0 Å². The molecule has 0 amide bonds. The molecule has 5 nitrogen and oxygen atoms in total. The van der Waals surface area contributed by atoms with E-state index in [-0.39, 0.29) is 6.04 Å². The molecule has 0 bridgehead atoms. The van der Waals surface area contributed by atoms with Crippen LogP contribution in [0.1, 0.15) is 33.1 Å². The van der Waals surface area contributed by atoms with Gasteiger partial charge in [0.05, 0.1) is 6.61 Å². The van der Waals surface area contributed by atoms with E-state index in [0.29, 0.717) is 18.4 Å². The second-order valence-electron chi connectivity index (χ2n) is 4.11. The minimum Gasteiger partial charge on any atom is -0.478 e. The molecule has 0 saturated heterocycles. The van der Waals surface area contributed by atoms with Gasteiger partial charge in [-0.15, -0.1) is 0 Å². The Morgan fingerprint density at radius 1 is 1.53 bits per heavy atom. The van der Waals surface area contributed by atoms with E-state index in [4.69, 9.17) is 10.5 Å². The minimum atomic E-state index is 0.247. The number of nitrogens with zero attached hydrogens (tertiary/aromatic N) is 2. The second-order valence-corrected chi connectivity index (χ2v) is 4.11. The maximum Gasteiger partial charge on any atom is 0.225 e. The van der Waals surface area contributed by atoms with Crippen LogP contribution >= 0.6 is 0 Å². The molecule has 0 aliphatic carbocycles. The van der Waals surface area contributed by atoms with Gasteiger partial charge in [-0.25, -0.2) is 4.98 Å². The standard InChI is InChI=1S/C12H22N4O/c1-3-9-17-11-6-8-15-12(16-11)14-7-4-5-10(2)13/h6,8,10H,3-5,7,9,13H2,1-2H3,(H,14,15,16). The van der Waals surface area contributed by atoms with E-state index in [1.165, 1.54) is 0 Å². The maximum absolute atomic E-state index is 5.67. The molecular formula is C12H22N4O. The number of aromatic nitrogens is 2. The fourth-order valence-electron chi connectivity index (χ4n) is 1.34. The Balaban J connectivity index is 2.32. The molecule has 1 rings (SSSR count). The van der Waals surface area contributed by atoms with E-state index < -0.39 is 0 Å². The lowest BCUT2D eigenvalue weighted by Gasteiger charge is -2.08. The van der Waals surface area contributed by atoms with Gasteiger partial charge >= 0.3 is 0 Å². The molecule has 1 aromatic heterocycles. The summed E-state index contributed by atoms with van der Waals surface area (Å²) < 4.78 is 5.43. The van der Waals surface area contributed by atoms with Gasteiger partial charge in [-0.2, -0.15) is 4.98 Å². The van der Waals surface area contributed by atoms with Crippen LogP contribution in [0.4, 0.5) is 5.95 Å². The van der Waals surface area contributed by atoms with Crippen LogP contribution in [-0.2, 0) is 0 Å². The number of hydrogen-bond acceptors (Lipinski definition) is 5. The average Bonchev–Trinajstić information content (AvgIpc) is 2.32. The molecule has 17 heavy (non-hydrogen) atoms. The van der Waals surface area contributed by atoms with E-state index >= 15 is 0 Å². The quantitative estimate of drug-likeness (QED) is 0.676. The van der Waals surface area contributed by atoms with Crippen molar-refractivity contribution in [3.8, 4) is 5.88 Å². The minimum absolute atomic E-state index is 0.247. The maximum atomic E-state index is 5.67. The van der Waals surface area contributed by atoms with Crippen molar-refractivity contribution in [2.75, 3.05) is 18.5 Å². The zero-order valence-electron chi connectivity index (χ0n) is 10.6. The van der Waals surface area contributed by atoms with Crippen LogP contribution in [0.2, 0.25) is 0 Å². The second kappa shape index (κ2) is 7.84. The molecular weight excluding hydrogens is 216 g/mol. The normalized spacial score (nSPS) is 12.2. The zero-order valence-corrected chi connectivity index (χ0v) is 10.6. The monoisotopic (exact) mass is 238 g/mol. The van der Waals surface area contributed by atoms with Crippen molar-refractivity contribution < 1.29 is 4.74 Å². The Morgan fingerprint density at radius 2 is 2.35 bits per heavy atom. The molecule has 0 radical (unpaired) electrons. The van der Waals surface area contributed by atoms with E-state index in [1.54, 1.807) is 12.3 Å². The predicted molar refractivity (Wildman–Crippen MR) is 69.2 cm³/mol. The zero-order chi connectivity index (χ0) is 12.5. The summed E-state index contributed by atoms with van der Waals surface area (Å²) in [6.07, 6.45) is 4.69. The molecule has 0 saturated carbocycles. The number of anilines is 1. The Morgan fingerprint density at radius 3 is 3.06 bits per heavy atom. The molecule has 1 aromatic rings. The molecule has 0 aromatic carbocycles. The Kier molecular flexibility index (Phi) is 6.32. The van der Waals surface area contributed by atoms with Gasteiger partial charge in [0, 0.05) is 24.8 Å². The summed E-state index contributed by atoms with van der Waals surface area (Å²) in [5.41, 5.74) is 5.67. The summed E-state index contributed by atoms with van der Waals surface area (Å²) >= 11 is 0. The lowest BCUT2D eigenvalue weighted by atomic mass is 10.2. The largest absolute Gasteiger partial charge is 0.478 e. The van der Waals surface area contributed by atoms with Crippen LogP contribution in [-0.4, -0.2) is 29.2 Å². The Labute approximate surface area is 103 Å². The van der Waals surface area contributed by atoms with Gasteiger partial charge in [-0.3, -0.25) is 0 Å². The topological polar surface area (TPSA) is 73.1 Å². The highest BCUT2D eigenvalue weighted by atomic mass is 16.5. The SMILES string of the molecule is CCCOc1ccnc(NCCCC(C)N)n1. The van der Waals surface area contributed by atoms with Gasteiger partial charge in [0.25, 0.3) is 0 Å². The van der Waals surface area contributed by atoms with Gasteiger partial charge in [-0.1, -0.05) is 6.92 Å². The van der Waals surface area contributed by atoms with Gasteiger partial charge in [0.15, 0.2) is 0 Å². The third-order valence-electron chi connectivity index (χ3n) is 2.20. The molecule has 0 fully saturated rings. The van der Waals surface area contributed by atoms with Gasteiger partial charge in [0.2, 0.25) is 11.8 Å². The summed E-state index contributed by atoms with van der Waals surface area (Å²) in [6, 6.07) is 2.01. The molecule has 3 N–H and O–H groups in total. The summed E-state index contributed by atoms with van der Waals surface area (Å²) in [6.45, 7) is 5.59. The van der Waals surface area contributed by atoms with Gasteiger partial charge < -0.3 is 15.8 Å². The highest BCUT2D eigenvalue weighted by molar-refractivity contribution is 5.27. The average molecular weight is 238 g/mol. The first-order chi connectivity index (χ1) is 8.22. The van der Waals surface area contributed by atoms with Crippen LogP contribution in [0.3, 0.4) is 0 Å². The van der Waals surface area contributed by atoms with E-state index in [0.717, 1.165) is 25.8 Å². The van der Waals surface area contributed by atoms with Crippen molar-refractivity contribution in [1.82, 2.24) is 9.97 Å². The fraction of sp³-hybridized carbons (Fsp3) is 0.667. The van der Waals surface area contributed by atoms with Crippen LogP contribution in [0, 0.1) is 0 Å². The molecule has 1 unspecified atom stereocenters. The molecule has 96 valence electrons. The first-order valence-electron chi connectivity index (χ1n) is 6.17. The van der Waals surface area contributed by atoms with Crippen LogP contribution < -0.4 is 15.8 Å². The number of rotatable bonds is 8. The highest BCUT2D eigenvalue weighted by Gasteiger charge is 1.99. The van der Waals surface area contributed by atoms with Crippen LogP contribution in [0.15, 0.2) is 12.3 Å². The van der Waals surface area contributed by atoms with E-state index in [2.05, 4.69) is 22.2 Å². The first-order valence-corrected chi connectivity index (χ1v) is 6.17. The van der Waals surface area contributed by atoms with Crippen molar-refractivity contribution in [2.45, 2.75) is 39.2 Å². The van der Waals surface area contributed by atoms with Crippen LogP contribution in [0.25, 0.3) is 0 Å². The lowest BCUT2D eigenvalue weighted by molar-refractivity contribution is 0.305. The first kappa shape index (κ1) is 13.7. The number of nitrogens with two attached hydrogens (primary N) is 1. The third kappa shape index (κ3) is 6.06. The molecule has 0 aliphatic rings.